The number of carbonyl (C=O) groups is 3. The number of amides is 3. The summed E-state index contributed by atoms with van der Waals surface area (Å²) in [7, 11) is 1.58. The first-order valence-corrected chi connectivity index (χ1v) is 14.4. The maximum absolute atomic E-state index is 12.9. The molecular weight excluding hydrogens is 562 g/mol. The van der Waals surface area contributed by atoms with Crippen molar-refractivity contribution in [1.29, 1.82) is 5.41 Å². The van der Waals surface area contributed by atoms with E-state index in [4.69, 9.17) is 19.6 Å². The second-order valence-corrected chi connectivity index (χ2v) is 10.6. The summed E-state index contributed by atoms with van der Waals surface area (Å²) in [5.74, 6) is -0.443. The number of ether oxygens (including phenoxy) is 3. The van der Waals surface area contributed by atoms with Crippen LogP contribution in [-0.4, -0.2) is 56.3 Å². The molecule has 0 unspecified atom stereocenters. The van der Waals surface area contributed by atoms with Gasteiger partial charge in [0.25, 0.3) is 0 Å². The van der Waals surface area contributed by atoms with Crippen LogP contribution in [0.1, 0.15) is 47.1 Å². The van der Waals surface area contributed by atoms with Gasteiger partial charge in [-0.15, -0.1) is 0 Å². The molecule has 0 aromatic heterocycles. The molecule has 0 aliphatic carbocycles. The normalized spacial score (nSPS) is 16.5. The number of alkyl carbamates (subject to hydrolysis) is 1. The average molecular weight is 602 g/mol. The van der Waals surface area contributed by atoms with Gasteiger partial charge in [-0.2, -0.15) is 0 Å². The van der Waals surface area contributed by atoms with Crippen LogP contribution in [0.3, 0.4) is 0 Å². The molecule has 0 saturated carbocycles. The van der Waals surface area contributed by atoms with Crippen molar-refractivity contribution >= 4 is 23.7 Å². The molecule has 0 bridgehead atoms. The fourth-order valence-corrected chi connectivity index (χ4v) is 4.81. The Morgan fingerprint density at radius 3 is 2.45 bits per heavy atom. The Morgan fingerprint density at radius 1 is 0.955 bits per heavy atom. The number of hydrogen-bond acceptors (Lipinski definition) is 8. The monoisotopic (exact) mass is 601 g/mol. The van der Waals surface area contributed by atoms with Gasteiger partial charge >= 0.3 is 6.09 Å². The molecule has 1 heterocycles. The molecule has 1 fully saturated rings. The molecule has 1 aliphatic heterocycles. The van der Waals surface area contributed by atoms with Gasteiger partial charge in [-0.1, -0.05) is 78.9 Å². The first-order chi connectivity index (χ1) is 21.3. The number of hydrogen-bond donors (Lipinski definition) is 5. The minimum atomic E-state index is -0.719. The predicted molar refractivity (Wildman–Crippen MR) is 165 cm³/mol. The van der Waals surface area contributed by atoms with Gasteiger partial charge in [-0.25, -0.2) is 4.79 Å². The number of carbonyl (C=O) groups excluding carboxylic acids is 3. The molecule has 4 rings (SSSR count). The van der Waals surface area contributed by atoms with E-state index >= 15 is 0 Å². The molecule has 3 amide bonds. The van der Waals surface area contributed by atoms with Crippen LogP contribution in [0, 0.1) is 5.41 Å². The number of methoxy groups -OCH3 is 1. The van der Waals surface area contributed by atoms with E-state index in [-0.39, 0.29) is 43.5 Å². The van der Waals surface area contributed by atoms with E-state index in [1.807, 2.05) is 42.5 Å². The van der Waals surface area contributed by atoms with Crippen LogP contribution in [0.5, 0.6) is 0 Å². The largest absolute Gasteiger partial charge is 0.444 e. The Balaban J connectivity index is 1.17. The minimum Gasteiger partial charge on any atom is -0.444 e. The van der Waals surface area contributed by atoms with Gasteiger partial charge in [-0.3, -0.25) is 20.3 Å². The van der Waals surface area contributed by atoms with Crippen LogP contribution >= 0.6 is 0 Å². The molecule has 1 aliphatic rings. The number of rotatable bonds is 13. The van der Waals surface area contributed by atoms with E-state index in [2.05, 4.69) is 33.4 Å². The lowest BCUT2D eigenvalue weighted by atomic mass is 9.94. The topological polar surface area (TPSA) is 151 Å². The number of nitrogens with one attached hydrogen (secondary N) is 5. The number of amidine groups is 1. The summed E-state index contributed by atoms with van der Waals surface area (Å²) in [4.78, 5) is 37.6. The lowest BCUT2D eigenvalue weighted by Crippen LogP contribution is -2.49. The van der Waals surface area contributed by atoms with Crippen molar-refractivity contribution in [1.82, 2.24) is 21.3 Å². The highest BCUT2D eigenvalue weighted by Crippen LogP contribution is 2.26. The van der Waals surface area contributed by atoms with Crippen LogP contribution in [0.15, 0.2) is 78.9 Å². The van der Waals surface area contributed by atoms with Crippen molar-refractivity contribution in [2.24, 2.45) is 0 Å². The summed E-state index contributed by atoms with van der Waals surface area (Å²) in [6.45, 7) is 3.35. The molecule has 3 aromatic rings. The SMILES string of the molecule is COCOCc1cccc([C@@H]2CN[C@@H](C(=O)N[C@@H](C)C(=O)NCc3ccc(C(=N)NC(=O)OCc4ccccc4)cc3)C2)c1. The highest BCUT2D eigenvalue weighted by molar-refractivity contribution is 6.04. The Labute approximate surface area is 257 Å². The van der Waals surface area contributed by atoms with Gasteiger partial charge < -0.3 is 30.2 Å². The zero-order valence-electron chi connectivity index (χ0n) is 24.9. The van der Waals surface area contributed by atoms with Crippen molar-refractivity contribution in [3.63, 3.8) is 0 Å². The maximum atomic E-state index is 12.9. The van der Waals surface area contributed by atoms with Crippen molar-refractivity contribution in [3.05, 3.63) is 107 Å². The van der Waals surface area contributed by atoms with Crippen molar-refractivity contribution in [2.75, 3.05) is 20.4 Å². The Kier molecular flexibility index (Phi) is 12.0. The van der Waals surface area contributed by atoms with Gasteiger partial charge in [0.15, 0.2) is 0 Å². The summed E-state index contributed by atoms with van der Waals surface area (Å²) in [6.07, 6.45) is -0.0867. The number of benzene rings is 3. The van der Waals surface area contributed by atoms with Crippen molar-refractivity contribution in [3.8, 4) is 0 Å². The van der Waals surface area contributed by atoms with E-state index in [9.17, 15) is 14.4 Å². The minimum absolute atomic E-state index is 0.0958. The lowest BCUT2D eigenvalue weighted by Gasteiger charge is -2.17. The molecule has 0 spiro atoms. The lowest BCUT2D eigenvalue weighted by molar-refractivity contribution is -0.129. The highest BCUT2D eigenvalue weighted by Gasteiger charge is 2.31. The first kappa shape index (κ1) is 32.3. The third kappa shape index (κ3) is 9.73. The zero-order chi connectivity index (χ0) is 31.3. The second kappa shape index (κ2) is 16.3. The van der Waals surface area contributed by atoms with Crippen LogP contribution in [0.2, 0.25) is 0 Å². The van der Waals surface area contributed by atoms with Crippen LogP contribution < -0.4 is 21.3 Å². The second-order valence-electron chi connectivity index (χ2n) is 10.6. The van der Waals surface area contributed by atoms with Gasteiger partial charge in [0.1, 0.15) is 25.3 Å². The van der Waals surface area contributed by atoms with Crippen LogP contribution in [0.4, 0.5) is 4.79 Å². The first-order valence-electron chi connectivity index (χ1n) is 14.4. The van der Waals surface area contributed by atoms with E-state index in [1.165, 1.54) is 0 Å². The molecule has 11 heteroatoms. The van der Waals surface area contributed by atoms with E-state index in [0.29, 0.717) is 25.1 Å². The highest BCUT2D eigenvalue weighted by atomic mass is 16.7. The van der Waals surface area contributed by atoms with E-state index < -0.39 is 18.2 Å². The molecule has 44 heavy (non-hydrogen) atoms. The van der Waals surface area contributed by atoms with Crippen LogP contribution in [0.25, 0.3) is 0 Å². The summed E-state index contributed by atoms with van der Waals surface area (Å²) < 4.78 is 15.5. The Hall–Kier alpha value is -4.58. The standard InChI is InChI=1S/C33H39N5O6/c1-22(37-32(40)29-16-28(18-35-29)27-10-6-9-25(15-27)19-43-21-42-2)31(39)36-17-23-11-13-26(14-12-23)30(34)38-33(41)44-20-24-7-4-3-5-8-24/h3-15,22,28-29,35H,16-21H2,1-2H3,(H,36,39)(H,37,40)(H2,34,38,41)/t22-,28-,29+/m0/s1. The third-order valence-electron chi connectivity index (χ3n) is 7.24. The quantitative estimate of drug-likeness (QED) is 0.0873. The average Bonchev–Trinajstić information content (AvgIpc) is 3.54. The molecule has 1 saturated heterocycles. The smallest absolute Gasteiger partial charge is 0.413 e. The van der Waals surface area contributed by atoms with Crippen LogP contribution in [-0.2, 0) is 43.6 Å². The van der Waals surface area contributed by atoms with E-state index in [1.54, 1.807) is 38.3 Å². The molecule has 3 atom stereocenters. The summed E-state index contributed by atoms with van der Waals surface area (Å²) in [5.41, 5.74) is 4.32. The van der Waals surface area contributed by atoms with E-state index in [0.717, 1.165) is 22.3 Å². The molecule has 0 radical (unpaired) electrons. The summed E-state index contributed by atoms with van der Waals surface area (Å²) in [5, 5.41) is 19.5. The molecule has 11 nitrogen and oxygen atoms in total. The Bertz CT molecular complexity index is 1420. The Morgan fingerprint density at radius 2 is 1.70 bits per heavy atom. The molecular formula is C33H39N5O6. The van der Waals surface area contributed by atoms with Gasteiger partial charge in [0, 0.05) is 25.8 Å². The van der Waals surface area contributed by atoms with Crippen molar-refractivity contribution < 1.29 is 28.6 Å². The fraction of sp³-hybridized carbons (Fsp3) is 0.333. The third-order valence-corrected chi connectivity index (χ3v) is 7.24. The predicted octanol–water partition coefficient (Wildman–Crippen LogP) is 3.33. The van der Waals surface area contributed by atoms with Crippen molar-refractivity contribution in [2.45, 2.75) is 51.1 Å². The summed E-state index contributed by atoms with van der Waals surface area (Å²) in [6, 6.07) is 23.1. The van der Waals surface area contributed by atoms with Gasteiger partial charge in [0.2, 0.25) is 11.8 Å². The van der Waals surface area contributed by atoms with Gasteiger partial charge in [0.05, 0.1) is 12.6 Å². The maximum Gasteiger partial charge on any atom is 0.413 e. The molecule has 5 N–H and O–H groups in total. The van der Waals surface area contributed by atoms with Gasteiger partial charge in [-0.05, 0) is 41.5 Å². The molecule has 232 valence electrons. The fourth-order valence-electron chi connectivity index (χ4n) is 4.81. The summed E-state index contributed by atoms with van der Waals surface area (Å²) >= 11 is 0. The zero-order valence-corrected chi connectivity index (χ0v) is 24.9. The molecule has 3 aromatic carbocycles.